The molecule has 2 N–H and O–H groups in total. The molecule has 1 rings (SSSR count). The molecule has 0 aromatic heterocycles. The summed E-state index contributed by atoms with van der Waals surface area (Å²) in [6.45, 7) is 1.81. The van der Waals surface area contributed by atoms with Gasteiger partial charge in [0, 0.05) is 6.04 Å². The highest BCUT2D eigenvalue weighted by atomic mass is 16.5. The average Bonchev–Trinajstić information content (AvgIpc) is 2.35. The Morgan fingerprint density at radius 3 is 2.56 bits per heavy atom. The van der Waals surface area contributed by atoms with Crippen LogP contribution in [0.2, 0.25) is 0 Å². The Labute approximate surface area is 96.6 Å². The number of benzene rings is 1. The maximum atomic E-state index is 11.3. The topological polar surface area (TPSA) is 52.3 Å². The van der Waals surface area contributed by atoms with Gasteiger partial charge in [0.25, 0.3) is 0 Å². The maximum Gasteiger partial charge on any atom is 0.309 e. The van der Waals surface area contributed by atoms with Crippen molar-refractivity contribution in [2.45, 2.75) is 25.8 Å². The zero-order chi connectivity index (χ0) is 12.0. The molecule has 0 radical (unpaired) electrons. The average molecular weight is 221 g/mol. The van der Waals surface area contributed by atoms with Crippen LogP contribution in [0.1, 0.15) is 18.9 Å². The summed E-state index contributed by atoms with van der Waals surface area (Å²) in [7, 11) is 1.39. The second kappa shape index (κ2) is 6.28. The fourth-order valence-electron chi connectivity index (χ4n) is 1.59. The van der Waals surface area contributed by atoms with Gasteiger partial charge in [0.15, 0.2) is 0 Å². The second-order valence-electron chi connectivity index (χ2n) is 4.00. The van der Waals surface area contributed by atoms with Crippen molar-refractivity contribution in [1.29, 1.82) is 0 Å². The van der Waals surface area contributed by atoms with E-state index in [2.05, 4.69) is 16.9 Å². The summed E-state index contributed by atoms with van der Waals surface area (Å²) in [5.74, 6) is -0.478. The molecule has 3 nitrogen and oxygen atoms in total. The Morgan fingerprint density at radius 2 is 2.00 bits per heavy atom. The van der Waals surface area contributed by atoms with Crippen molar-refractivity contribution in [2.24, 2.45) is 11.7 Å². The second-order valence-corrected chi connectivity index (χ2v) is 4.00. The van der Waals surface area contributed by atoms with Gasteiger partial charge in [-0.1, -0.05) is 37.3 Å². The van der Waals surface area contributed by atoms with E-state index in [1.807, 2.05) is 25.1 Å². The first-order valence-corrected chi connectivity index (χ1v) is 5.52. The molecule has 1 aromatic rings. The van der Waals surface area contributed by atoms with Crippen LogP contribution < -0.4 is 5.73 Å². The summed E-state index contributed by atoms with van der Waals surface area (Å²) in [6.07, 6.45) is 1.68. The molecule has 0 fully saturated rings. The molecule has 1 aromatic carbocycles. The molecular formula is C13H19NO2. The fourth-order valence-corrected chi connectivity index (χ4v) is 1.59. The number of ether oxygens (including phenoxy) is 1. The summed E-state index contributed by atoms with van der Waals surface area (Å²) in [5.41, 5.74) is 7.19. The summed E-state index contributed by atoms with van der Waals surface area (Å²) < 4.78 is 4.67. The first-order chi connectivity index (χ1) is 7.65. The van der Waals surface area contributed by atoms with Crippen LogP contribution in [0.3, 0.4) is 0 Å². The number of aryl methyl sites for hydroxylation is 1. The Hall–Kier alpha value is -1.35. The van der Waals surface area contributed by atoms with E-state index in [0.717, 1.165) is 12.8 Å². The van der Waals surface area contributed by atoms with Gasteiger partial charge in [-0.3, -0.25) is 4.79 Å². The van der Waals surface area contributed by atoms with E-state index in [0.29, 0.717) is 0 Å². The summed E-state index contributed by atoms with van der Waals surface area (Å²) >= 11 is 0. The van der Waals surface area contributed by atoms with Crippen molar-refractivity contribution in [3.63, 3.8) is 0 Å². The monoisotopic (exact) mass is 221 g/mol. The molecule has 0 saturated carbocycles. The molecule has 0 aliphatic carbocycles. The third-order valence-electron chi connectivity index (χ3n) is 2.82. The zero-order valence-electron chi connectivity index (χ0n) is 9.85. The fraction of sp³-hybridized carbons (Fsp3) is 0.462. The van der Waals surface area contributed by atoms with E-state index in [9.17, 15) is 4.79 Å². The molecule has 88 valence electrons. The van der Waals surface area contributed by atoms with E-state index in [4.69, 9.17) is 5.73 Å². The number of nitrogens with two attached hydrogens (primary N) is 1. The third-order valence-corrected chi connectivity index (χ3v) is 2.82. The van der Waals surface area contributed by atoms with Crippen LogP contribution in [0.25, 0.3) is 0 Å². The number of methoxy groups -OCH3 is 1. The van der Waals surface area contributed by atoms with Crippen LogP contribution in [0.5, 0.6) is 0 Å². The number of hydrogen-bond donors (Lipinski definition) is 1. The van der Waals surface area contributed by atoms with Gasteiger partial charge in [0.1, 0.15) is 0 Å². The minimum absolute atomic E-state index is 0.146. The maximum absolute atomic E-state index is 11.3. The lowest BCUT2D eigenvalue weighted by Gasteiger charge is -2.17. The first-order valence-electron chi connectivity index (χ1n) is 5.52. The first kappa shape index (κ1) is 12.7. The molecule has 16 heavy (non-hydrogen) atoms. The molecule has 0 aliphatic heterocycles. The predicted molar refractivity (Wildman–Crippen MR) is 63.9 cm³/mol. The van der Waals surface area contributed by atoms with E-state index in [-0.39, 0.29) is 17.9 Å². The lowest BCUT2D eigenvalue weighted by Crippen LogP contribution is -2.34. The molecule has 0 unspecified atom stereocenters. The molecule has 0 bridgehead atoms. The van der Waals surface area contributed by atoms with E-state index in [1.165, 1.54) is 12.7 Å². The Balaban J connectivity index is 2.41. The number of esters is 1. The standard InChI is InChI=1S/C13H19NO2/c1-10(13(15)16-2)12(14)9-8-11-6-4-3-5-7-11/h3-7,10,12H,8-9,14H2,1-2H3/t10-,12-/m0/s1. The van der Waals surface area contributed by atoms with Crippen LogP contribution >= 0.6 is 0 Å². The lowest BCUT2D eigenvalue weighted by molar-refractivity contribution is -0.145. The summed E-state index contributed by atoms with van der Waals surface area (Å²) in [4.78, 5) is 11.3. The Bertz CT molecular complexity index is 324. The smallest absolute Gasteiger partial charge is 0.309 e. The van der Waals surface area contributed by atoms with Gasteiger partial charge in [-0.05, 0) is 18.4 Å². The molecular weight excluding hydrogens is 202 g/mol. The van der Waals surface area contributed by atoms with Crippen molar-refractivity contribution in [3.05, 3.63) is 35.9 Å². The molecule has 0 saturated heterocycles. The van der Waals surface area contributed by atoms with Gasteiger partial charge >= 0.3 is 5.97 Å². The van der Waals surface area contributed by atoms with Gasteiger partial charge in [-0.2, -0.15) is 0 Å². The normalized spacial score (nSPS) is 14.2. The molecule has 0 amide bonds. The summed E-state index contributed by atoms with van der Waals surface area (Å²) in [6, 6.07) is 9.98. The number of hydrogen-bond acceptors (Lipinski definition) is 3. The van der Waals surface area contributed by atoms with Gasteiger partial charge in [0.2, 0.25) is 0 Å². The van der Waals surface area contributed by atoms with Gasteiger partial charge in [0.05, 0.1) is 13.0 Å². The minimum Gasteiger partial charge on any atom is -0.469 e. The summed E-state index contributed by atoms with van der Waals surface area (Å²) in [5, 5.41) is 0. The minimum atomic E-state index is -0.242. The van der Waals surface area contributed by atoms with Crippen molar-refractivity contribution in [3.8, 4) is 0 Å². The quantitative estimate of drug-likeness (QED) is 0.771. The zero-order valence-corrected chi connectivity index (χ0v) is 9.85. The van der Waals surface area contributed by atoms with Crippen LogP contribution in [0, 0.1) is 5.92 Å². The van der Waals surface area contributed by atoms with E-state index < -0.39 is 0 Å². The number of rotatable bonds is 5. The number of carbonyl (C=O) groups excluding carboxylic acids is 1. The van der Waals surface area contributed by atoms with Crippen LogP contribution in [-0.2, 0) is 16.0 Å². The van der Waals surface area contributed by atoms with Crippen LogP contribution in [-0.4, -0.2) is 19.1 Å². The van der Waals surface area contributed by atoms with E-state index >= 15 is 0 Å². The van der Waals surface area contributed by atoms with E-state index in [1.54, 1.807) is 0 Å². The Morgan fingerprint density at radius 1 is 1.38 bits per heavy atom. The number of carbonyl (C=O) groups is 1. The third kappa shape index (κ3) is 3.66. The SMILES string of the molecule is COC(=O)[C@@H](C)[C@@H](N)CCc1ccccc1. The highest BCUT2D eigenvalue weighted by molar-refractivity contribution is 5.72. The highest BCUT2D eigenvalue weighted by Crippen LogP contribution is 2.10. The van der Waals surface area contributed by atoms with Crippen molar-refractivity contribution in [2.75, 3.05) is 7.11 Å². The predicted octanol–water partition coefficient (Wildman–Crippen LogP) is 1.76. The van der Waals surface area contributed by atoms with Gasteiger partial charge in [-0.15, -0.1) is 0 Å². The molecule has 0 spiro atoms. The van der Waals surface area contributed by atoms with Crippen molar-refractivity contribution >= 4 is 5.97 Å². The van der Waals surface area contributed by atoms with Crippen LogP contribution in [0.4, 0.5) is 0 Å². The van der Waals surface area contributed by atoms with Crippen molar-refractivity contribution in [1.82, 2.24) is 0 Å². The highest BCUT2D eigenvalue weighted by Gasteiger charge is 2.20. The largest absolute Gasteiger partial charge is 0.469 e. The molecule has 0 heterocycles. The lowest BCUT2D eigenvalue weighted by atomic mass is 9.96. The van der Waals surface area contributed by atoms with Gasteiger partial charge < -0.3 is 10.5 Å². The van der Waals surface area contributed by atoms with Gasteiger partial charge in [-0.25, -0.2) is 0 Å². The Kier molecular flexibility index (Phi) is 4.99. The van der Waals surface area contributed by atoms with Crippen molar-refractivity contribution < 1.29 is 9.53 Å². The molecule has 0 aliphatic rings. The van der Waals surface area contributed by atoms with Crippen LogP contribution in [0.15, 0.2) is 30.3 Å². The molecule has 3 heteroatoms. The molecule has 2 atom stereocenters.